The number of carbonyl (C=O) groups is 1. The molecule has 0 saturated carbocycles. The summed E-state index contributed by atoms with van der Waals surface area (Å²) in [5, 5.41) is 0. The Morgan fingerprint density at radius 1 is 1.05 bits per heavy atom. The molecular formula is C15H14N2O3S. The van der Waals surface area contributed by atoms with Gasteiger partial charge in [-0.25, -0.2) is 0 Å². The molecule has 0 unspecified atom stereocenters. The molecule has 5 nitrogen and oxygen atoms in total. The molecule has 0 aromatic heterocycles. The first-order chi connectivity index (χ1) is 10.1. The molecule has 108 valence electrons. The lowest BCUT2D eigenvalue weighted by molar-refractivity contribution is 0.1000. The normalized spacial score (nSPS) is 13.0. The highest BCUT2D eigenvalue weighted by Gasteiger charge is 2.13. The number of rotatable bonds is 3. The molecule has 21 heavy (non-hydrogen) atoms. The first-order valence-electron chi connectivity index (χ1n) is 6.40. The van der Waals surface area contributed by atoms with Crippen LogP contribution in [0.2, 0.25) is 0 Å². The van der Waals surface area contributed by atoms with Crippen molar-refractivity contribution < 1.29 is 14.3 Å². The smallest absolute Gasteiger partial charge is 0.248 e. The van der Waals surface area contributed by atoms with Gasteiger partial charge in [0.15, 0.2) is 11.5 Å². The minimum Gasteiger partial charge on any atom is -0.486 e. The van der Waals surface area contributed by atoms with E-state index >= 15 is 0 Å². The van der Waals surface area contributed by atoms with Gasteiger partial charge in [-0.2, -0.15) is 0 Å². The van der Waals surface area contributed by atoms with Crippen LogP contribution in [0.4, 0.5) is 5.69 Å². The Labute approximate surface area is 126 Å². The van der Waals surface area contributed by atoms with Crippen molar-refractivity contribution in [1.29, 1.82) is 0 Å². The van der Waals surface area contributed by atoms with Gasteiger partial charge in [-0.3, -0.25) is 4.79 Å². The highest BCUT2D eigenvalue weighted by atomic mass is 32.2. The highest BCUT2D eigenvalue weighted by Crippen LogP contribution is 2.38. The van der Waals surface area contributed by atoms with Gasteiger partial charge >= 0.3 is 0 Å². The molecule has 0 aliphatic carbocycles. The summed E-state index contributed by atoms with van der Waals surface area (Å²) in [6, 6.07) is 10.7. The fourth-order valence-electron chi connectivity index (χ4n) is 1.99. The fraction of sp³-hybridized carbons (Fsp3) is 0.133. The Morgan fingerprint density at radius 3 is 2.57 bits per heavy atom. The predicted molar refractivity (Wildman–Crippen MR) is 80.9 cm³/mol. The van der Waals surface area contributed by atoms with Crippen molar-refractivity contribution in [3.8, 4) is 11.5 Å². The Morgan fingerprint density at radius 2 is 1.81 bits per heavy atom. The average molecular weight is 302 g/mol. The second-order valence-electron chi connectivity index (χ2n) is 4.52. The molecule has 0 spiro atoms. The van der Waals surface area contributed by atoms with E-state index in [4.69, 9.17) is 20.9 Å². The molecule has 1 amide bonds. The van der Waals surface area contributed by atoms with Crippen LogP contribution in [0, 0.1) is 0 Å². The van der Waals surface area contributed by atoms with E-state index in [0.29, 0.717) is 24.5 Å². The van der Waals surface area contributed by atoms with Crippen LogP contribution in [0.25, 0.3) is 0 Å². The van der Waals surface area contributed by atoms with E-state index in [9.17, 15) is 4.79 Å². The molecule has 4 N–H and O–H groups in total. The van der Waals surface area contributed by atoms with Gasteiger partial charge < -0.3 is 20.9 Å². The SMILES string of the molecule is NC(=O)c1ccc(N)c(Sc2ccc3c(c2)OCCO3)c1. The third-order valence-electron chi connectivity index (χ3n) is 3.04. The maximum Gasteiger partial charge on any atom is 0.248 e. The Kier molecular flexibility index (Phi) is 3.62. The van der Waals surface area contributed by atoms with Crippen molar-refractivity contribution >= 4 is 23.4 Å². The molecule has 0 bridgehead atoms. The maximum absolute atomic E-state index is 11.2. The van der Waals surface area contributed by atoms with Crippen LogP contribution in [0.3, 0.4) is 0 Å². The fourth-order valence-corrected chi connectivity index (χ4v) is 2.92. The van der Waals surface area contributed by atoms with Gasteiger partial charge in [0.05, 0.1) is 0 Å². The molecule has 3 rings (SSSR count). The summed E-state index contributed by atoms with van der Waals surface area (Å²) in [5.74, 6) is 0.986. The highest BCUT2D eigenvalue weighted by molar-refractivity contribution is 7.99. The second kappa shape index (κ2) is 5.57. The van der Waals surface area contributed by atoms with E-state index in [0.717, 1.165) is 21.3 Å². The third kappa shape index (κ3) is 2.90. The van der Waals surface area contributed by atoms with Crippen LogP contribution < -0.4 is 20.9 Å². The van der Waals surface area contributed by atoms with Crippen LogP contribution >= 0.6 is 11.8 Å². The molecule has 6 heteroatoms. The summed E-state index contributed by atoms with van der Waals surface area (Å²) in [4.78, 5) is 13.0. The van der Waals surface area contributed by atoms with Gasteiger partial charge in [-0.05, 0) is 36.4 Å². The first kappa shape index (κ1) is 13.6. The zero-order chi connectivity index (χ0) is 14.8. The number of hydrogen-bond acceptors (Lipinski definition) is 5. The van der Waals surface area contributed by atoms with Crippen molar-refractivity contribution in [2.75, 3.05) is 18.9 Å². The molecular weight excluding hydrogens is 288 g/mol. The van der Waals surface area contributed by atoms with E-state index in [1.165, 1.54) is 11.8 Å². The molecule has 1 heterocycles. The number of carbonyl (C=O) groups excluding carboxylic acids is 1. The average Bonchev–Trinajstić information content (AvgIpc) is 2.49. The monoisotopic (exact) mass is 302 g/mol. The van der Waals surface area contributed by atoms with E-state index in [1.807, 2.05) is 18.2 Å². The summed E-state index contributed by atoms with van der Waals surface area (Å²) >= 11 is 1.45. The van der Waals surface area contributed by atoms with Crippen molar-refractivity contribution in [2.24, 2.45) is 5.73 Å². The summed E-state index contributed by atoms with van der Waals surface area (Å²) in [6.45, 7) is 1.10. The molecule has 0 radical (unpaired) electrons. The Hall–Kier alpha value is -2.34. The number of primary amides is 1. The number of nitrogens with two attached hydrogens (primary N) is 2. The van der Waals surface area contributed by atoms with Gasteiger partial charge in [-0.1, -0.05) is 11.8 Å². The van der Waals surface area contributed by atoms with Crippen LogP contribution in [-0.2, 0) is 0 Å². The summed E-state index contributed by atoms with van der Waals surface area (Å²) in [6.07, 6.45) is 0. The molecule has 0 saturated heterocycles. The summed E-state index contributed by atoms with van der Waals surface area (Å²) in [5.41, 5.74) is 12.3. The quantitative estimate of drug-likeness (QED) is 0.849. The van der Waals surface area contributed by atoms with Crippen molar-refractivity contribution in [1.82, 2.24) is 0 Å². The minimum atomic E-state index is -0.473. The van der Waals surface area contributed by atoms with Crippen LogP contribution in [-0.4, -0.2) is 19.1 Å². The van der Waals surface area contributed by atoms with Crippen molar-refractivity contribution in [3.05, 3.63) is 42.0 Å². The van der Waals surface area contributed by atoms with E-state index in [1.54, 1.807) is 18.2 Å². The summed E-state index contributed by atoms with van der Waals surface area (Å²) in [7, 11) is 0. The van der Waals surface area contributed by atoms with E-state index < -0.39 is 5.91 Å². The standard InChI is InChI=1S/C15H14N2O3S/c16-11-3-1-9(15(17)18)7-14(11)21-10-2-4-12-13(8-10)20-6-5-19-12/h1-4,7-8H,5-6,16H2,(H2,17,18). The van der Waals surface area contributed by atoms with Crippen LogP contribution in [0.15, 0.2) is 46.2 Å². The van der Waals surface area contributed by atoms with Gasteiger partial charge in [0.25, 0.3) is 0 Å². The lowest BCUT2D eigenvalue weighted by Crippen LogP contribution is -2.15. The van der Waals surface area contributed by atoms with Crippen molar-refractivity contribution in [2.45, 2.75) is 9.79 Å². The lowest BCUT2D eigenvalue weighted by atomic mass is 10.2. The number of amides is 1. The van der Waals surface area contributed by atoms with Gasteiger partial charge in [0.2, 0.25) is 5.91 Å². The first-order valence-corrected chi connectivity index (χ1v) is 7.22. The second-order valence-corrected chi connectivity index (χ2v) is 5.64. The summed E-state index contributed by atoms with van der Waals surface area (Å²) < 4.78 is 11.0. The minimum absolute atomic E-state index is 0.434. The topological polar surface area (TPSA) is 87.6 Å². The molecule has 0 atom stereocenters. The number of anilines is 1. The molecule has 1 aliphatic heterocycles. The molecule has 2 aromatic rings. The molecule has 0 fully saturated rings. The zero-order valence-electron chi connectivity index (χ0n) is 11.2. The predicted octanol–water partition coefficient (Wildman–Crippen LogP) is 2.29. The largest absolute Gasteiger partial charge is 0.486 e. The number of hydrogen-bond donors (Lipinski definition) is 2. The number of nitrogen functional groups attached to an aromatic ring is 1. The maximum atomic E-state index is 11.2. The number of benzene rings is 2. The van der Waals surface area contributed by atoms with Gasteiger partial charge in [0.1, 0.15) is 13.2 Å². The molecule has 1 aliphatic rings. The Balaban J connectivity index is 1.89. The van der Waals surface area contributed by atoms with Crippen molar-refractivity contribution in [3.63, 3.8) is 0 Å². The zero-order valence-corrected chi connectivity index (χ0v) is 12.0. The van der Waals surface area contributed by atoms with Crippen LogP contribution in [0.1, 0.15) is 10.4 Å². The number of ether oxygens (including phenoxy) is 2. The molecule has 2 aromatic carbocycles. The van der Waals surface area contributed by atoms with Crippen LogP contribution in [0.5, 0.6) is 11.5 Å². The van der Waals surface area contributed by atoms with Gasteiger partial charge in [-0.15, -0.1) is 0 Å². The lowest BCUT2D eigenvalue weighted by Gasteiger charge is -2.18. The third-order valence-corrected chi connectivity index (χ3v) is 4.10. The Bertz CT molecular complexity index is 703. The van der Waals surface area contributed by atoms with E-state index in [2.05, 4.69) is 0 Å². The number of fused-ring (bicyclic) bond motifs is 1. The van der Waals surface area contributed by atoms with E-state index in [-0.39, 0.29) is 0 Å². The van der Waals surface area contributed by atoms with Gasteiger partial charge in [0, 0.05) is 21.0 Å².